The highest BCUT2D eigenvalue weighted by Crippen LogP contribution is 2.54. The summed E-state index contributed by atoms with van der Waals surface area (Å²) in [6, 6.07) is 12.2. The zero-order valence-electron chi connectivity index (χ0n) is 17.1. The topological polar surface area (TPSA) is 40.5 Å². The number of benzene rings is 2. The number of aromatic nitrogens is 1. The molecule has 0 aliphatic rings. The summed E-state index contributed by atoms with van der Waals surface area (Å²) in [6.07, 6.45) is -5.72. The Morgan fingerprint density at radius 3 is 1.91 bits per heavy atom. The summed E-state index contributed by atoms with van der Waals surface area (Å²) in [6.45, 7) is 0. The van der Waals surface area contributed by atoms with Crippen LogP contribution in [0.2, 0.25) is 0 Å². The van der Waals surface area contributed by atoms with Crippen molar-refractivity contribution in [1.82, 2.24) is 4.57 Å². The second-order valence-corrected chi connectivity index (χ2v) is 6.84. The van der Waals surface area contributed by atoms with Crippen LogP contribution in [0.15, 0.2) is 60.8 Å². The molecular weight excluding hydrogens is 459 g/mol. The van der Waals surface area contributed by atoms with Gasteiger partial charge in [0.15, 0.2) is 0 Å². The Morgan fingerprint density at radius 1 is 0.848 bits per heavy atom. The van der Waals surface area contributed by atoms with E-state index in [0.29, 0.717) is 4.57 Å². The second-order valence-electron chi connectivity index (χ2n) is 6.84. The first-order valence-corrected chi connectivity index (χ1v) is 9.23. The maximum atomic E-state index is 15.1. The Hall–Kier alpha value is -3.50. The van der Waals surface area contributed by atoms with Crippen LogP contribution >= 0.6 is 0 Å². The van der Waals surface area contributed by atoms with E-state index in [-0.39, 0.29) is 22.6 Å². The van der Waals surface area contributed by atoms with Crippen LogP contribution in [0, 0.1) is 0 Å². The fraction of sp³-hybridized carbons (Fsp3) is 0.227. The van der Waals surface area contributed by atoms with Crippen molar-refractivity contribution in [2.75, 3.05) is 14.2 Å². The fourth-order valence-corrected chi connectivity index (χ4v) is 3.23. The molecule has 0 amide bonds. The normalized spacial score (nSPS) is 12.5. The highest BCUT2D eigenvalue weighted by molar-refractivity contribution is 5.99. The summed E-state index contributed by atoms with van der Waals surface area (Å²) in [5.74, 6) is -13.6. The average molecular weight is 475 g/mol. The van der Waals surface area contributed by atoms with E-state index in [4.69, 9.17) is 4.74 Å². The first kappa shape index (κ1) is 24.1. The molecule has 0 radical (unpaired) electrons. The van der Waals surface area contributed by atoms with Gasteiger partial charge in [0.1, 0.15) is 11.4 Å². The summed E-state index contributed by atoms with van der Waals surface area (Å²) in [7, 11) is 2.11. The first-order valence-electron chi connectivity index (χ1n) is 9.23. The van der Waals surface area contributed by atoms with Gasteiger partial charge in [-0.15, -0.1) is 0 Å². The van der Waals surface area contributed by atoms with Crippen LogP contribution in [0.1, 0.15) is 16.1 Å². The number of esters is 1. The largest absolute Gasteiger partial charge is 0.497 e. The van der Waals surface area contributed by atoms with Crippen LogP contribution in [-0.2, 0) is 10.7 Å². The number of halogens is 7. The maximum Gasteiger partial charge on any atom is 0.460 e. The van der Waals surface area contributed by atoms with E-state index in [1.807, 2.05) is 0 Å². The molecule has 0 saturated heterocycles. The Morgan fingerprint density at radius 2 is 1.42 bits per heavy atom. The minimum Gasteiger partial charge on any atom is -0.497 e. The summed E-state index contributed by atoms with van der Waals surface area (Å²) in [4.78, 5) is 12.5. The van der Waals surface area contributed by atoms with Crippen molar-refractivity contribution >= 4 is 5.97 Å². The van der Waals surface area contributed by atoms with Crippen LogP contribution in [0.3, 0.4) is 0 Å². The van der Waals surface area contributed by atoms with Crippen molar-refractivity contribution in [2.24, 2.45) is 0 Å². The van der Waals surface area contributed by atoms with Gasteiger partial charge in [-0.05, 0) is 29.8 Å². The molecule has 33 heavy (non-hydrogen) atoms. The minimum absolute atomic E-state index is 0.123. The predicted octanol–water partition coefficient (Wildman–Crippen LogP) is 6.23. The van der Waals surface area contributed by atoms with Gasteiger partial charge in [-0.2, -0.15) is 30.7 Å². The van der Waals surface area contributed by atoms with Gasteiger partial charge in [0, 0.05) is 17.4 Å². The van der Waals surface area contributed by atoms with Crippen LogP contribution in [0.4, 0.5) is 30.7 Å². The first-order chi connectivity index (χ1) is 15.4. The molecule has 0 atom stereocenters. The van der Waals surface area contributed by atoms with E-state index in [9.17, 15) is 26.7 Å². The number of alkyl halides is 7. The van der Waals surface area contributed by atoms with E-state index < -0.39 is 35.2 Å². The lowest BCUT2D eigenvalue weighted by molar-refractivity contribution is -0.360. The van der Waals surface area contributed by atoms with Gasteiger partial charge in [0.25, 0.3) is 0 Å². The Balaban J connectivity index is 2.44. The van der Waals surface area contributed by atoms with Crippen LogP contribution in [0.25, 0.3) is 16.8 Å². The zero-order chi connectivity index (χ0) is 24.6. The molecule has 3 rings (SSSR count). The molecule has 11 heteroatoms. The van der Waals surface area contributed by atoms with Crippen molar-refractivity contribution in [2.45, 2.75) is 18.0 Å². The predicted molar refractivity (Wildman–Crippen MR) is 104 cm³/mol. The van der Waals surface area contributed by atoms with Gasteiger partial charge in [-0.25, -0.2) is 4.79 Å². The molecule has 0 aliphatic heterocycles. The third-order valence-corrected chi connectivity index (χ3v) is 4.88. The van der Waals surface area contributed by atoms with E-state index in [1.165, 1.54) is 55.6 Å². The third-order valence-electron chi connectivity index (χ3n) is 4.88. The van der Waals surface area contributed by atoms with Crippen molar-refractivity contribution in [3.05, 3.63) is 72.1 Å². The van der Waals surface area contributed by atoms with Crippen molar-refractivity contribution < 1.29 is 45.0 Å². The van der Waals surface area contributed by atoms with E-state index >= 15 is 8.78 Å². The van der Waals surface area contributed by atoms with Gasteiger partial charge in [-0.3, -0.25) is 0 Å². The lowest BCUT2D eigenvalue weighted by Crippen LogP contribution is -2.51. The van der Waals surface area contributed by atoms with Crippen LogP contribution in [-0.4, -0.2) is 36.9 Å². The molecule has 0 spiro atoms. The Bertz CT molecular complexity index is 1140. The van der Waals surface area contributed by atoms with Crippen molar-refractivity contribution in [3.8, 4) is 22.6 Å². The second kappa shape index (κ2) is 8.45. The molecule has 0 fully saturated rings. The highest BCUT2D eigenvalue weighted by atomic mass is 19.4. The molecule has 3 aromatic rings. The maximum absolute atomic E-state index is 15.1. The lowest BCUT2D eigenvalue weighted by atomic mass is 9.98. The van der Waals surface area contributed by atoms with Crippen LogP contribution in [0.5, 0.6) is 5.75 Å². The fourth-order valence-electron chi connectivity index (χ4n) is 3.23. The van der Waals surface area contributed by atoms with Crippen LogP contribution < -0.4 is 4.74 Å². The number of carbonyl (C=O) groups is 1. The van der Waals surface area contributed by atoms with Gasteiger partial charge in [0.05, 0.1) is 19.8 Å². The van der Waals surface area contributed by atoms with Gasteiger partial charge in [-0.1, -0.05) is 30.3 Å². The molecule has 0 N–H and O–H groups in total. The molecule has 176 valence electrons. The lowest BCUT2D eigenvalue weighted by Gasteiger charge is -2.29. The summed E-state index contributed by atoms with van der Waals surface area (Å²) < 4.78 is 107. The number of methoxy groups -OCH3 is 2. The average Bonchev–Trinajstić information content (AvgIpc) is 3.19. The Labute approximate surface area is 183 Å². The molecule has 0 saturated carbocycles. The standard InChI is InChI=1S/C22H16F7NO3/c1-32-15-10-8-14(9-11-15)30-12-16(13-6-4-3-5-7-13)17(19(31)33-2)18(30)20(23,24)21(25,26)22(27,28)29/h3-12H,1-2H3. The van der Waals surface area contributed by atoms with Gasteiger partial charge >= 0.3 is 24.0 Å². The molecule has 1 heterocycles. The van der Waals surface area contributed by atoms with E-state index in [2.05, 4.69) is 4.74 Å². The number of ether oxygens (including phenoxy) is 2. The van der Waals surface area contributed by atoms with E-state index in [0.717, 1.165) is 13.3 Å². The number of rotatable bonds is 6. The molecule has 0 bridgehead atoms. The molecular formula is C22H16F7NO3. The molecule has 1 aromatic heterocycles. The zero-order valence-corrected chi connectivity index (χ0v) is 17.1. The minimum atomic E-state index is -6.61. The summed E-state index contributed by atoms with van der Waals surface area (Å²) >= 11 is 0. The molecule has 0 aliphatic carbocycles. The third kappa shape index (κ3) is 4.03. The number of carbonyl (C=O) groups excluding carboxylic acids is 1. The number of hydrogen-bond donors (Lipinski definition) is 0. The monoisotopic (exact) mass is 475 g/mol. The smallest absolute Gasteiger partial charge is 0.460 e. The van der Waals surface area contributed by atoms with Gasteiger partial charge in [0.2, 0.25) is 0 Å². The van der Waals surface area contributed by atoms with Crippen molar-refractivity contribution in [3.63, 3.8) is 0 Å². The quantitative estimate of drug-likeness (QED) is 0.314. The Kier molecular flexibility index (Phi) is 6.18. The SMILES string of the molecule is COC(=O)c1c(-c2ccccc2)cn(-c2ccc(OC)cc2)c1C(F)(F)C(F)(F)C(F)(F)F. The molecule has 2 aromatic carbocycles. The molecule has 4 nitrogen and oxygen atoms in total. The number of nitrogens with zero attached hydrogens (tertiary/aromatic N) is 1. The highest BCUT2D eigenvalue weighted by Gasteiger charge is 2.75. The van der Waals surface area contributed by atoms with E-state index in [1.54, 1.807) is 6.07 Å². The van der Waals surface area contributed by atoms with Crippen molar-refractivity contribution in [1.29, 1.82) is 0 Å². The number of hydrogen-bond acceptors (Lipinski definition) is 3. The summed E-state index contributed by atoms with van der Waals surface area (Å²) in [5, 5.41) is 0. The van der Waals surface area contributed by atoms with Gasteiger partial charge < -0.3 is 14.0 Å². The molecule has 0 unspecified atom stereocenters. The summed E-state index contributed by atoms with van der Waals surface area (Å²) in [5.41, 5.74) is -3.38.